The molecular weight excluding hydrogens is 418 g/mol. The number of halogens is 2. The normalized spacial score (nSPS) is 12.2. The number of aliphatic imine (C=N–C) groups is 1. The monoisotopic (exact) mass is 439 g/mol. The summed E-state index contributed by atoms with van der Waals surface area (Å²) >= 11 is 9.38. The lowest BCUT2D eigenvalue weighted by Gasteiger charge is -2.17. The first-order valence-corrected chi connectivity index (χ1v) is 9.52. The van der Waals surface area contributed by atoms with Crippen LogP contribution in [-0.2, 0) is 0 Å². The van der Waals surface area contributed by atoms with Gasteiger partial charge in [0.2, 0.25) is 5.88 Å². The van der Waals surface area contributed by atoms with Gasteiger partial charge in [-0.3, -0.25) is 0 Å². The zero-order chi connectivity index (χ0) is 19.1. The summed E-state index contributed by atoms with van der Waals surface area (Å²) in [6.07, 6.45) is 1.62. The van der Waals surface area contributed by atoms with Crippen LogP contribution in [0.15, 0.2) is 39.8 Å². The molecule has 7 heteroatoms. The molecule has 0 aliphatic carbocycles. The third kappa shape index (κ3) is 6.18. The van der Waals surface area contributed by atoms with Crippen molar-refractivity contribution in [2.24, 2.45) is 4.99 Å². The van der Waals surface area contributed by atoms with E-state index >= 15 is 0 Å². The van der Waals surface area contributed by atoms with E-state index in [1.54, 1.807) is 18.5 Å². The van der Waals surface area contributed by atoms with Gasteiger partial charge in [-0.2, -0.15) is 0 Å². The van der Waals surface area contributed by atoms with E-state index in [4.69, 9.17) is 21.1 Å². The second-order valence-corrected chi connectivity index (χ2v) is 7.18. The van der Waals surface area contributed by atoms with Gasteiger partial charge in [0, 0.05) is 18.6 Å². The Hall–Kier alpha value is -1.79. The maximum absolute atomic E-state index is 5.90. The molecule has 0 aliphatic heterocycles. The number of nitrogens with zero attached hydrogens (tertiary/aromatic N) is 3. The number of ether oxygens (including phenoxy) is 2. The van der Waals surface area contributed by atoms with Crippen molar-refractivity contribution in [1.29, 1.82) is 0 Å². The van der Waals surface area contributed by atoms with Gasteiger partial charge in [0.1, 0.15) is 18.5 Å². The molecule has 2 aromatic rings. The Balaban J connectivity index is 1.98. The van der Waals surface area contributed by atoms with Gasteiger partial charge in [-0.25, -0.2) is 9.98 Å². The molecule has 0 fully saturated rings. The zero-order valence-corrected chi connectivity index (χ0v) is 17.7. The number of hydrogen-bond acceptors (Lipinski definition) is 4. The van der Waals surface area contributed by atoms with Gasteiger partial charge in [-0.05, 0) is 67.0 Å². The topological polar surface area (TPSA) is 47.0 Å². The smallest absolute Gasteiger partial charge is 0.228 e. The Labute approximate surface area is 168 Å². The van der Waals surface area contributed by atoms with Crippen LogP contribution in [0.2, 0.25) is 5.02 Å². The van der Waals surface area contributed by atoms with Gasteiger partial charge in [-0.15, -0.1) is 0 Å². The van der Waals surface area contributed by atoms with Gasteiger partial charge in [0.25, 0.3) is 0 Å². The fourth-order valence-corrected chi connectivity index (χ4v) is 2.50. The Morgan fingerprint density at radius 1 is 1.35 bits per heavy atom. The third-order valence-electron chi connectivity index (χ3n) is 3.61. The largest absolute Gasteiger partial charge is 0.490 e. The van der Waals surface area contributed by atoms with E-state index in [-0.39, 0.29) is 6.10 Å². The van der Waals surface area contributed by atoms with Crippen LogP contribution in [0.1, 0.15) is 19.5 Å². The zero-order valence-electron chi connectivity index (χ0n) is 15.4. The Morgan fingerprint density at radius 2 is 2.04 bits per heavy atom. The van der Waals surface area contributed by atoms with Crippen molar-refractivity contribution in [2.45, 2.75) is 26.9 Å². The molecule has 0 bridgehead atoms. The molecule has 1 unspecified atom stereocenters. The number of benzene rings is 1. The van der Waals surface area contributed by atoms with Gasteiger partial charge < -0.3 is 14.4 Å². The highest BCUT2D eigenvalue weighted by atomic mass is 79.9. The second-order valence-electron chi connectivity index (χ2n) is 5.89. The fraction of sp³-hybridized carbons (Fsp3) is 0.368. The van der Waals surface area contributed by atoms with Crippen LogP contribution < -0.4 is 9.47 Å². The van der Waals surface area contributed by atoms with Crippen LogP contribution in [-0.4, -0.2) is 42.5 Å². The number of pyridine rings is 1. The first kappa shape index (κ1) is 20.5. The summed E-state index contributed by atoms with van der Waals surface area (Å²) in [6.45, 7) is 7.20. The summed E-state index contributed by atoms with van der Waals surface area (Å²) in [6, 6.07) is 9.14. The highest BCUT2D eigenvalue weighted by Crippen LogP contribution is 2.30. The number of rotatable bonds is 8. The average molecular weight is 441 g/mol. The van der Waals surface area contributed by atoms with Gasteiger partial charge in [0.05, 0.1) is 22.2 Å². The summed E-state index contributed by atoms with van der Waals surface area (Å²) in [7, 11) is 1.97. The van der Waals surface area contributed by atoms with Gasteiger partial charge in [-0.1, -0.05) is 11.6 Å². The van der Waals surface area contributed by atoms with Crippen molar-refractivity contribution in [3.63, 3.8) is 0 Å². The van der Waals surface area contributed by atoms with Crippen molar-refractivity contribution in [1.82, 2.24) is 9.88 Å². The van der Waals surface area contributed by atoms with Gasteiger partial charge in [0.15, 0.2) is 0 Å². The highest BCUT2D eigenvalue weighted by molar-refractivity contribution is 9.10. The SMILES string of the molecule is CCN(C)/C=N/c1cc(Br)c(OC(C)COc2ccc(Cl)cc2)nc1C. The first-order valence-electron chi connectivity index (χ1n) is 8.35. The van der Waals surface area contributed by atoms with Crippen LogP contribution in [0.3, 0.4) is 0 Å². The quantitative estimate of drug-likeness (QED) is 0.415. The van der Waals surface area contributed by atoms with Crippen molar-refractivity contribution in [3.05, 3.63) is 45.5 Å². The molecule has 0 N–H and O–H groups in total. The van der Waals surface area contributed by atoms with E-state index in [0.29, 0.717) is 17.5 Å². The van der Waals surface area contributed by atoms with E-state index in [1.165, 1.54) is 0 Å². The van der Waals surface area contributed by atoms with Crippen molar-refractivity contribution in [3.8, 4) is 11.6 Å². The van der Waals surface area contributed by atoms with Crippen molar-refractivity contribution >= 4 is 39.6 Å². The van der Waals surface area contributed by atoms with E-state index in [0.717, 1.165) is 28.1 Å². The predicted molar refractivity (Wildman–Crippen MR) is 110 cm³/mol. The van der Waals surface area contributed by atoms with Crippen LogP contribution in [0.25, 0.3) is 0 Å². The van der Waals surface area contributed by atoms with Crippen LogP contribution in [0.5, 0.6) is 11.6 Å². The second kappa shape index (κ2) is 9.78. The molecule has 2 rings (SSSR count). The Bertz CT molecular complexity index is 753. The van der Waals surface area contributed by atoms with Crippen LogP contribution in [0, 0.1) is 6.92 Å². The molecule has 0 aliphatic rings. The molecule has 0 saturated carbocycles. The number of aryl methyl sites for hydroxylation is 1. The minimum absolute atomic E-state index is 0.172. The maximum atomic E-state index is 5.90. The average Bonchev–Trinajstić information content (AvgIpc) is 2.62. The molecule has 0 spiro atoms. The standard InChI is InChI=1S/C19H23BrClN3O2/c1-5-24(4)12-22-18-10-17(20)19(23-14(18)3)26-13(2)11-25-16-8-6-15(21)7-9-16/h6-10,12-13H,5,11H2,1-4H3/b22-12+. The molecule has 140 valence electrons. The van der Waals surface area contributed by atoms with Crippen LogP contribution >= 0.6 is 27.5 Å². The summed E-state index contributed by atoms with van der Waals surface area (Å²) < 4.78 is 12.4. The van der Waals surface area contributed by atoms with E-state index < -0.39 is 0 Å². The Morgan fingerprint density at radius 3 is 2.69 bits per heavy atom. The predicted octanol–water partition coefficient (Wildman–Crippen LogP) is 5.26. The summed E-state index contributed by atoms with van der Waals surface area (Å²) in [5.41, 5.74) is 1.60. The van der Waals surface area contributed by atoms with Crippen molar-refractivity contribution in [2.75, 3.05) is 20.2 Å². The molecular formula is C19H23BrClN3O2. The number of hydrogen-bond donors (Lipinski definition) is 0. The molecule has 5 nitrogen and oxygen atoms in total. The molecule has 1 atom stereocenters. The Kier molecular flexibility index (Phi) is 7.72. The minimum Gasteiger partial charge on any atom is -0.490 e. The fourth-order valence-electron chi connectivity index (χ4n) is 1.97. The van der Waals surface area contributed by atoms with E-state index in [1.807, 2.05) is 44.0 Å². The molecule has 0 saturated heterocycles. The highest BCUT2D eigenvalue weighted by Gasteiger charge is 2.12. The molecule has 0 amide bonds. The molecule has 26 heavy (non-hydrogen) atoms. The lowest BCUT2D eigenvalue weighted by molar-refractivity contribution is 0.137. The molecule has 1 heterocycles. The van der Waals surface area contributed by atoms with E-state index in [2.05, 4.69) is 32.8 Å². The lowest BCUT2D eigenvalue weighted by atomic mass is 10.3. The number of aromatic nitrogens is 1. The van der Waals surface area contributed by atoms with E-state index in [9.17, 15) is 0 Å². The molecule has 0 radical (unpaired) electrons. The molecule has 1 aromatic heterocycles. The summed E-state index contributed by atoms with van der Waals surface area (Å²) in [5.74, 6) is 1.27. The molecule has 1 aromatic carbocycles. The summed E-state index contributed by atoms with van der Waals surface area (Å²) in [4.78, 5) is 11.0. The maximum Gasteiger partial charge on any atom is 0.228 e. The summed E-state index contributed by atoms with van der Waals surface area (Å²) in [5, 5.41) is 0.679. The first-order chi connectivity index (χ1) is 12.4. The minimum atomic E-state index is -0.172. The van der Waals surface area contributed by atoms with Crippen molar-refractivity contribution < 1.29 is 9.47 Å². The van der Waals surface area contributed by atoms with Gasteiger partial charge >= 0.3 is 0 Å². The van der Waals surface area contributed by atoms with Crippen LogP contribution in [0.4, 0.5) is 5.69 Å². The lowest BCUT2D eigenvalue weighted by Crippen LogP contribution is -2.21. The third-order valence-corrected chi connectivity index (χ3v) is 4.43.